The molecule has 0 N–H and O–H groups in total. The molecule has 0 aliphatic carbocycles. The van der Waals surface area contributed by atoms with Gasteiger partial charge in [0.15, 0.2) is 23.4 Å². The summed E-state index contributed by atoms with van der Waals surface area (Å²) in [4.78, 5) is 16.9. The van der Waals surface area contributed by atoms with E-state index in [1.165, 1.54) is 5.56 Å². The molecule has 1 unspecified atom stereocenters. The quantitative estimate of drug-likeness (QED) is 0.557. The predicted octanol–water partition coefficient (Wildman–Crippen LogP) is 3.55. The maximum atomic E-state index is 12.9. The average molecular weight is 461 g/mol. The second-order valence-electron chi connectivity index (χ2n) is 8.41. The van der Waals surface area contributed by atoms with Crippen LogP contribution < -0.4 is 19.1 Å². The third kappa shape index (κ3) is 4.62. The number of nitrogens with zero attached hydrogens (tertiary/aromatic N) is 4. The lowest BCUT2D eigenvalue weighted by Crippen LogP contribution is -2.52. The number of hydrogen-bond donors (Lipinski definition) is 0. The molecule has 2 aliphatic rings. The highest BCUT2D eigenvalue weighted by atomic mass is 16.7. The average Bonchev–Trinajstić information content (AvgIpc) is 3.37. The van der Waals surface area contributed by atoms with Gasteiger partial charge >= 0.3 is 0 Å². The smallest absolute Gasteiger partial charge is 0.263 e. The highest BCUT2D eigenvalue weighted by Crippen LogP contribution is 2.35. The molecule has 1 amide bonds. The van der Waals surface area contributed by atoms with Gasteiger partial charge in [0.25, 0.3) is 5.91 Å². The maximum absolute atomic E-state index is 12.9. The maximum Gasteiger partial charge on any atom is 0.263 e. The second-order valence-corrected chi connectivity index (χ2v) is 8.41. The van der Waals surface area contributed by atoms with Crippen molar-refractivity contribution in [2.75, 3.05) is 37.9 Å². The van der Waals surface area contributed by atoms with Crippen LogP contribution >= 0.6 is 0 Å². The van der Waals surface area contributed by atoms with E-state index in [4.69, 9.17) is 14.2 Å². The fourth-order valence-corrected chi connectivity index (χ4v) is 4.18. The van der Waals surface area contributed by atoms with Crippen LogP contribution in [0.1, 0.15) is 19.4 Å². The number of benzene rings is 2. The van der Waals surface area contributed by atoms with Gasteiger partial charge in [-0.1, -0.05) is 19.1 Å². The Hall–Kier alpha value is -3.81. The summed E-state index contributed by atoms with van der Waals surface area (Å²) in [6.07, 6.45) is 0.449. The zero-order valence-corrected chi connectivity index (χ0v) is 19.4. The van der Waals surface area contributed by atoms with Crippen molar-refractivity contribution < 1.29 is 19.0 Å². The molecule has 1 fully saturated rings. The van der Waals surface area contributed by atoms with Crippen molar-refractivity contribution in [1.82, 2.24) is 15.1 Å². The summed E-state index contributed by atoms with van der Waals surface area (Å²) in [5.41, 5.74) is 2.94. The molecule has 3 aromatic rings. The Balaban J connectivity index is 1.15. The number of anilines is 1. The number of amides is 1. The number of hydrogen-bond acceptors (Lipinski definition) is 7. The summed E-state index contributed by atoms with van der Waals surface area (Å²) < 4.78 is 16.7. The summed E-state index contributed by atoms with van der Waals surface area (Å²) in [5, 5.41) is 8.83. The Kier molecular flexibility index (Phi) is 6.20. The van der Waals surface area contributed by atoms with Crippen LogP contribution in [0, 0.1) is 0 Å². The van der Waals surface area contributed by atoms with E-state index in [0.717, 1.165) is 40.7 Å². The Labute approximate surface area is 199 Å². The standard InChI is InChI=1S/C26H28N4O4/c1-3-19-4-7-21(8-5-19)34-18(2)26(31)30-14-12-29(13-15-30)25-11-9-22(27-28-25)20-6-10-23-24(16-20)33-17-32-23/h4-11,16,18H,3,12-15,17H2,1-2H3. The van der Waals surface area contributed by atoms with Gasteiger partial charge in [0.05, 0.1) is 5.69 Å². The monoisotopic (exact) mass is 460 g/mol. The summed E-state index contributed by atoms with van der Waals surface area (Å²) in [6, 6.07) is 17.6. The number of aryl methyl sites for hydroxylation is 1. The van der Waals surface area contributed by atoms with Gasteiger partial charge < -0.3 is 24.0 Å². The topological polar surface area (TPSA) is 77.0 Å². The van der Waals surface area contributed by atoms with Crippen LogP contribution in [0.25, 0.3) is 11.3 Å². The number of rotatable bonds is 6. The fourth-order valence-electron chi connectivity index (χ4n) is 4.18. The molecule has 1 atom stereocenters. The van der Waals surface area contributed by atoms with Gasteiger partial charge in [0.1, 0.15) is 5.75 Å². The van der Waals surface area contributed by atoms with E-state index in [1.54, 1.807) is 0 Å². The molecule has 3 heterocycles. The van der Waals surface area contributed by atoms with Crippen molar-refractivity contribution in [2.24, 2.45) is 0 Å². The Morgan fingerprint density at radius 3 is 2.44 bits per heavy atom. The first-order valence-corrected chi connectivity index (χ1v) is 11.6. The van der Waals surface area contributed by atoms with Gasteiger partial charge in [-0.3, -0.25) is 4.79 Å². The second kappa shape index (κ2) is 9.59. The molecular weight excluding hydrogens is 432 g/mol. The van der Waals surface area contributed by atoms with Gasteiger partial charge in [-0.2, -0.15) is 0 Å². The molecule has 5 rings (SSSR count). The molecule has 2 aromatic carbocycles. The van der Waals surface area contributed by atoms with Crippen LogP contribution in [0.4, 0.5) is 5.82 Å². The van der Waals surface area contributed by atoms with Crippen LogP contribution in [0.15, 0.2) is 54.6 Å². The third-order valence-corrected chi connectivity index (χ3v) is 6.23. The summed E-state index contributed by atoms with van der Waals surface area (Å²) in [5.74, 6) is 2.99. The molecule has 1 aromatic heterocycles. The first-order valence-electron chi connectivity index (χ1n) is 11.6. The highest BCUT2D eigenvalue weighted by molar-refractivity contribution is 5.81. The third-order valence-electron chi connectivity index (χ3n) is 6.23. The van der Waals surface area contributed by atoms with Crippen molar-refractivity contribution in [3.05, 3.63) is 60.2 Å². The van der Waals surface area contributed by atoms with Crippen molar-refractivity contribution in [2.45, 2.75) is 26.4 Å². The minimum absolute atomic E-state index is 0.00320. The van der Waals surface area contributed by atoms with E-state index in [9.17, 15) is 4.79 Å². The van der Waals surface area contributed by atoms with Crippen molar-refractivity contribution in [3.8, 4) is 28.5 Å². The first-order chi connectivity index (χ1) is 16.6. The van der Waals surface area contributed by atoms with Crippen molar-refractivity contribution in [3.63, 3.8) is 0 Å². The Morgan fingerprint density at radius 1 is 0.971 bits per heavy atom. The fraction of sp³-hybridized carbons (Fsp3) is 0.346. The Morgan fingerprint density at radius 2 is 1.74 bits per heavy atom. The lowest BCUT2D eigenvalue weighted by Gasteiger charge is -2.36. The van der Waals surface area contributed by atoms with Crippen LogP contribution in [-0.4, -0.2) is 60.1 Å². The summed E-state index contributed by atoms with van der Waals surface area (Å²) >= 11 is 0. The number of ether oxygens (including phenoxy) is 3. The van der Waals surface area contributed by atoms with Gasteiger partial charge in [-0.25, -0.2) is 0 Å². The van der Waals surface area contributed by atoms with Gasteiger partial charge in [-0.15, -0.1) is 10.2 Å². The number of carbonyl (C=O) groups is 1. The zero-order chi connectivity index (χ0) is 23.5. The normalized spacial score (nSPS) is 15.8. The molecule has 0 bridgehead atoms. The highest BCUT2D eigenvalue weighted by Gasteiger charge is 2.27. The zero-order valence-electron chi connectivity index (χ0n) is 19.4. The van der Waals surface area contributed by atoms with E-state index in [1.807, 2.05) is 66.4 Å². The lowest BCUT2D eigenvalue weighted by molar-refractivity contribution is -0.138. The van der Waals surface area contributed by atoms with E-state index in [0.29, 0.717) is 26.2 Å². The Bertz CT molecular complexity index is 1140. The van der Waals surface area contributed by atoms with E-state index < -0.39 is 6.10 Å². The lowest BCUT2D eigenvalue weighted by atomic mass is 10.1. The predicted molar refractivity (Wildman–Crippen MR) is 128 cm³/mol. The van der Waals surface area contributed by atoms with Gasteiger partial charge in [0, 0.05) is 31.7 Å². The molecule has 0 spiro atoms. The number of fused-ring (bicyclic) bond motifs is 1. The number of aromatic nitrogens is 2. The van der Waals surface area contributed by atoms with Crippen LogP contribution in [0.3, 0.4) is 0 Å². The van der Waals surface area contributed by atoms with Crippen LogP contribution in [0.2, 0.25) is 0 Å². The van der Waals surface area contributed by atoms with E-state index in [2.05, 4.69) is 22.0 Å². The van der Waals surface area contributed by atoms with Crippen LogP contribution in [0.5, 0.6) is 17.2 Å². The minimum atomic E-state index is -0.528. The molecule has 8 nitrogen and oxygen atoms in total. The molecule has 2 aliphatic heterocycles. The van der Waals surface area contributed by atoms with Crippen LogP contribution in [-0.2, 0) is 11.2 Å². The summed E-state index contributed by atoms with van der Waals surface area (Å²) in [7, 11) is 0. The van der Waals surface area contributed by atoms with Crippen molar-refractivity contribution >= 4 is 11.7 Å². The molecule has 1 saturated heterocycles. The first kappa shape index (κ1) is 22.0. The van der Waals surface area contributed by atoms with Gasteiger partial charge in [0.2, 0.25) is 6.79 Å². The number of piperazine rings is 1. The summed E-state index contributed by atoms with van der Waals surface area (Å²) in [6.45, 7) is 6.79. The number of carbonyl (C=O) groups excluding carboxylic acids is 1. The van der Waals surface area contributed by atoms with E-state index in [-0.39, 0.29) is 12.7 Å². The molecule has 0 radical (unpaired) electrons. The SMILES string of the molecule is CCc1ccc(OC(C)C(=O)N2CCN(c3ccc(-c4ccc5c(c4)OCO5)nn3)CC2)cc1. The van der Waals surface area contributed by atoms with Gasteiger partial charge in [-0.05, 0) is 61.4 Å². The largest absolute Gasteiger partial charge is 0.481 e. The molecule has 0 saturated carbocycles. The molecule has 8 heteroatoms. The minimum Gasteiger partial charge on any atom is -0.481 e. The molecule has 176 valence electrons. The molecular formula is C26H28N4O4. The molecule has 34 heavy (non-hydrogen) atoms. The van der Waals surface area contributed by atoms with Crippen molar-refractivity contribution in [1.29, 1.82) is 0 Å². The van der Waals surface area contributed by atoms with E-state index >= 15 is 0 Å².